The highest BCUT2D eigenvalue weighted by Crippen LogP contribution is 2.29. The topological polar surface area (TPSA) is 73.9 Å². The maximum absolute atomic E-state index is 12.8. The van der Waals surface area contributed by atoms with Crippen LogP contribution in [0.15, 0.2) is 59.8 Å². The summed E-state index contributed by atoms with van der Waals surface area (Å²) in [6.07, 6.45) is 0.929. The maximum atomic E-state index is 12.8. The average molecular weight is 449 g/mol. The molecule has 2 aliphatic rings. The predicted molar refractivity (Wildman–Crippen MR) is 129 cm³/mol. The molecule has 0 unspecified atom stereocenters. The summed E-state index contributed by atoms with van der Waals surface area (Å²) in [5.74, 6) is -0.430. The molecule has 0 bridgehead atoms. The number of piperazine rings is 1. The molecule has 2 N–H and O–H groups in total. The van der Waals surface area contributed by atoms with Crippen molar-refractivity contribution >= 4 is 17.7 Å². The molecular weight excluding hydrogens is 416 g/mol. The van der Waals surface area contributed by atoms with Gasteiger partial charge in [-0.05, 0) is 36.6 Å². The first-order valence-electron chi connectivity index (χ1n) is 11.5. The van der Waals surface area contributed by atoms with Gasteiger partial charge in [0.1, 0.15) is 0 Å². The minimum Gasteiger partial charge on any atom is -0.466 e. The highest BCUT2D eigenvalue weighted by molar-refractivity contribution is 5.95. The smallest absolute Gasteiger partial charge is 0.338 e. The Labute approximate surface area is 195 Å². The Kier molecular flexibility index (Phi) is 6.99. The average Bonchev–Trinajstić information content (AvgIpc) is 2.84. The van der Waals surface area contributed by atoms with Gasteiger partial charge in [0, 0.05) is 44.1 Å². The van der Waals surface area contributed by atoms with Crippen LogP contribution < -0.4 is 15.5 Å². The number of rotatable bonds is 6. The van der Waals surface area contributed by atoms with E-state index in [9.17, 15) is 9.59 Å². The highest BCUT2D eigenvalue weighted by Gasteiger charge is 2.34. The number of nitrogens with one attached hydrogen (secondary N) is 2. The molecule has 2 aromatic carbocycles. The number of methoxy groups -OCH3 is 1. The molecule has 174 valence electrons. The standard InChI is InChI=1S/C26H32N4O3/c1-4-19-7-9-20(10-8-19)24-23(25(31)33-3)22(27-26(32)28-24)17-29-13-15-30(16-14-29)21-11-5-18(2)6-12-21/h5-12,24H,4,13-17H2,1-3H3,(H2,27,28,32)/t24-/m1/s1. The molecule has 0 aliphatic carbocycles. The van der Waals surface area contributed by atoms with Gasteiger partial charge in [0.15, 0.2) is 0 Å². The first kappa shape index (κ1) is 22.9. The highest BCUT2D eigenvalue weighted by atomic mass is 16.5. The lowest BCUT2D eigenvalue weighted by atomic mass is 9.94. The molecule has 1 saturated heterocycles. The Morgan fingerprint density at radius 1 is 1.03 bits per heavy atom. The fourth-order valence-corrected chi connectivity index (χ4v) is 4.43. The van der Waals surface area contributed by atoms with Gasteiger partial charge in [-0.3, -0.25) is 4.90 Å². The summed E-state index contributed by atoms with van der Waals surface area (Å²) in [5, 5.41) is 5.77. The van der Waals surface area contributed by atoms with Gasteiger partial charge in [-0.25, -0.2) is 9.59 Å². The lowest BCUT2D eigenvalue weighted by Crippen LogP contribution is -2.51. The minimum atomic E-state index is -0.541. The van der Waals surface area contributed by atoms with Gasteiger partial charge in [-0.2, -0.15) is 0 Å². The van der Waals surface area contributed by atoms with E-state index in [4.69, 9.17) is 4.74 Å². The third-order valence-corrected chi connectivity index (χ3v) is 6.43. The number of carbonyl (C=O) groups is 2. The van der Waals surface area contributed by atoms with Crippen LogP contribution in [0.3, 0.4) is 0 Å². The Morgan fingerprint density at radius 3 is 2.30 bits per heavy atom. The van der Waals surface area contributed by atoms with Gasteiger partial charge >= 0.3 is 12.0 Å². The lowest BCUT2D eigenvalue weighted by Gasteiger charge is -2.38. The zero-order valence-electron chi connectivity index (χ0n) is 19.6. The molecule has 0 radical (unpaired) electrons. The van der Waals surface area contributed by atoms with Crippen LogP contribution in [-0.4, -0.2) is 56.7 Å². The van der Waals surface area contributed by atoms with E-state index in [1.165, 1.54) is 23.9 Å². The quantitative estimate of drug-likeness (QED) is 0.664. The van der Waals surface area contributed by atoms with E-state index >= 15 is 0 Å². The van der Waals surface area contributed by atoms with Crippen LogP contribution in [0.2, 0.25) is 0 Å². The van der Waals surface area contributed by atoms with Gasteiger partial charge < -0.3 is 20.3 Å². The van der Waals surface area contributed by atoms with Crippen LogP contribution in [0.25, 0.3) is 0 Å². The van der Waals surface area contributed by atoms with Crippen molar-refractivity contribution in [1.82, 2.24) is 15.5 Å². The van der Waals surface area contributed by atoms with Crippen molar-refractivity contribution in [2.45, 2.75) is 26.3 Å². The van der Waals surface area contributed by atoms with Gasteiger partial charge in [0.25, 0.3) is 0 Å². The predicted octanol–water partition coefficient (Wildman–Crippen LogP) is 3.16. The number of ether oxygens (including phenoxy) is 1. The Morgan fingerprint density at radius 2 is 1.70 bits per heavy atom. The van der Waals surface area contributed by atoms with Crippen molar-refractivity contribution in [2.75, 3.05) is 44.7 Å². The summed E-state index contributed by atoms with van der Waals surface area (Å²) in [4.78, 5) is 29.9. The van der Waals surface area contributed by atoms with E-state index in [2.05, 4.69) is 58.5 Å². The van der Waals surface area contributed by atoms with E-state index in [1.807, 2.05) is 24.3 Å². The molecule has 7 nitrogen and oxygen atoms in total. The molecule has 0 saturated carbocycles. The van der Waals surface area contributed by atoms with Crippen molar-refractivity contribution in [3.63, 3.8) is 0 Å². The first-order valence-corrected chi connectivity index (χ1v) is 11.5. The second-order valence-corrected chi connectivity index (χ2v) is 8.61. The number of aryl methyl sites for hydroxylation is 2. The fourth-order valence-electron chi connectivity index (χ4n) is 4.43. The van der Waals surface area contributed by atoms with Crippen LogP contribution in [0.5, 0.6) is 0 Å². The molecule has 1 fully saturated rings. The van der Waals surface area contributed by atoms with E-state index < -0.39 is 12.0 Å². The number of anilines is 1. The Bertz CT molecular complexity index is 1020. The second kappa shape index (κ2) is 10.1. The second-order valence-electron chi connectivity index (χ2n) is 8.61. The molecule has 2 aliphatic heterocycles. The molecular formula is C26H32N4O3. The van der Waals surface area contributed by atoms with Gasteiger partial charge in [-0.15, -0.1) is 0 Å². The van der Waals surface area contributed by atoms with Crippen LogP contribution in [0.4, 0.5) is 10.5 Å². The molecule has 2 amide bonds. The van der Waals surface area contributed by atoms with Gasteiger partial charge in [-0.1, -0.05) is 48.9 Å². The SMILES string of the molecule is CCc1ccc([C@H]2NC(=O)NC(CN3CCN(c4ccc(C)cc4)CC3)=C2C(=O)OC)cc1. The summed E-state index contributed by atoms with van der Waals surface area (Å²) in [6, 6.07) is 15.7. The summed E-state index contributed by atoms with van der Waals surface area (Å²) >= 11 is 0. The number of esters is 1. The van der Waals surface area contributed by atoms with E-state index in [1.54, 1.807) is 0 Å². The number of hydrogen-bond donors (Lipinski definition) is 2. The molecule has 0 aromatic heterocycles. The molecule has 1 atom stereocenters. The van der Waals surface area contributed by atoms with E-state index in [0.29, 0.717) is 17.8 Å². The van der Waals surface area contributed by atoms with Crippen molar-refractivity contribution in [2.24, 2.45) is 0 Å². The number of carbonyl (C=O) groups excluding carboxylic acids is 2. The summed E-state index contributed by atoms with van der Waals surface area (Å²) in [5.41, 5.74) is 5.61. The van der Waals surface area contributed by atoms with Crippen LogP contribution >= 0.6 is 0 Å². The zero-order valence-corrected chi connectivity index (χ0v) is 19.6. The minimum absolute atomic E-state index is 0.305. The summed E-state index contributed by atoms with van der Waals surface area (Å²) < 4.78 is 5.11. The van der Waals surface area contributed by atoms with Crippen molar-refractivity contribution < 1.29 is 14.3 Å². The summed E-state index contributed by atoms with van der Waals surface area (Å²) in [6.45, 7) is 8.12. The van der Waals surface area contributed by atoms with Crippen molar-refractivity contribution in [3.05, 3.63) is 76.5 Å². The molecule has 2 heterocycles. The third-order valence-electron chi connectivity index (χ3n) is 6.43. The monoisotopic (exact) mass is 448 g/mol. The fraction of sp³-hybridized carbons (Fsp3) is 0.385. The van der Waals surface area contributed by atoms with E-state index in [0.717, 1.165) is 38.2 Å². The zero-order chi connectivity index (χ0) is 23.4. The lowest BCUT2D eigenvalue weighted by molar-refractivity contribution is -0.136. The van der Waals surface area contributed by atoms with Crippen molar-refractivity contribution in [3.8, 4) is 0 Å². The van der Waals surface area contributed by atoms with Crippen LogP contribution in [0.1, 0.15) is 29.7 Å². The first-order chi connectivity index (χ1) is 16.0. The molecule has 2 aromatic rings. The van der Waals surface area contributed by atoms with E-state index in [-0.39, 0.29) is 6.03 Å². The van der Waals surface area contributed by atoms with Crippen LogP contribution in [0, 0.1) is 6.92 Å². The number of hydrogen-bond acceptors (Lipinski definition) is 5. The van der Waals surface area contributed by atoms with Crippen LogP contribution in [-0.2, 0) is 16.0 Å². The van der Waals surface area contributed by atoms with Gasteiger partial charge in [0.2, 0.25) is 0 Å². The van der Waals surface area contributed by atoms with Crippen molar-refractivity contribution in [1.29, 1.82) is 0 Å². The maximum Gasteiger partial charge on any atom is 0.338 e. The Balaban J connectivity index is 1.53. The molecule has 33 heavy (non-hydrogen) atoms. The normalized spacial score (nSPS) is 19.2. The molecule has 4 rings (SSSR count). The Hall–Kier alpha value is -3.32. The van der Waals surface area contributed by atoms with Gasteiger partial charge in [0.05, 0.1) is 18.7 Å². The number of benzene rings is 2. The molecule has 7 heteroatoms. The number of nitrogens with zero attached hydrogens (tertiary/aromatic N) is 2. The summed E-state index contributed by atoms with van der Waals surface area (Å²) in [7, 11) is 1.38. The molecule has 0 spiro atoms. The number of amides is 2. The largest absolute Gasteiger partial charge is 0.466 e. The third kappa shape index (κ3) is 5.20. The number of urea groups is 1.